The van der Waals surface area contributed by atoms with Gasteiger partial charge >= 0.3 is 0 Å². The van der Waals surface area contributed by atoms with Gasteiger partial charge < -0.3 is 15.8 Å². The third-order valence-electron chi connectivity index (χ3n) is 3.64. The van der Waals surface area contributed by atoms with Crippen molar-refractivity contribution in [1.29, 1.82) is 0 Å². The minimum atomic E-state index is -0.234. The second-order valence-electron chi connectivity index (χ2n) is 5.45. The van der Waals surface area contributed by atoms with Gasteiger partial charge in [-0.25, -0.2) is 0 Å². The monoisotopic (exact) mass is 369 g/mol. The highest BCUT2D eigenvalue weighted by molar-refractivity contribution is 7.98. The molecule has 0 atom stereocenters. The number of nitrogens with two attached hydrogens (primary N) is 1. The molecule has 1 heterocycles. The Labute approximate surface area is 155 Å². The highest BCUT2D eigenvalue weighted by Gasteiger charge is 2.15. The molecule has 3 N–H and O–H groups in total. The molecule has 8 heteroatoms. The second kappa shape index (κ2) is 8.39. The number of ether oxygens (including phenoxy) is 1. The zero-order chi connectivity index (χ0) is 18.4. The first kappa shape index (κ1) is 17.8. The van der Waals surface area contributed by atoms with E-state index in [4.69, 9.17) is 10.5 Å². The van der Waals surface area contributed by atoms with Crippen molar-refractivity contribution in [2.45, 2.75) is 17.5 Å². The molecule has 26 heavy (non-hydrogen) atoms. The van der Waals surface area contributed by atoms with Crippen LogP contribution in [0.2, 0.25) is 0 Å². The fourth-order valence-electron chi connectivity index (χ4n) is 2.36. The number of thioether (sulfide) groups is 1. The molecule has 3 aromatic rings. The van der Waals surface area contributed by atoms with E-state index in [1.165, 1.54) is 11.8 Å². The molecule has 1 aromatic heterocycles. The number of benzene rings is 2. The van der Waals surface area contributed by atoms with Crippen molar-refractivity contribution in [2.75, 3.05) is 18.2 Å². The molecule has 0 unspecified atom stereocenters. The molecule has 2 aromatic carbocycles. The summed E-state index contributed by atoms with van der Waals surface area (Å²) in [5, 5.41) is 11.4. The van der Waals surface area contributed by atoms with E-state index in [0.29, 0.717) is 22.3 Å². The number of hydrogen-bond acceptors (Lipinski definition) is 6. The van der Waals surface area contributed by atoms with Crippen LogP contribution in [0.15, 0.2) is 59.8 Å². The standard InChI is InChI=1S/C18H19N5O2S/c1-25-15-10-6-5-9-14(15)20-16(24)11-23-17(19)21-22-18(23)26-12-13-7-3-2-4-8-13/h2-10H,11-12H2,1H3,(H2,19,21)(H,20,24). The lowest BCUT2D eigenvalue weighted by atomic mass is 10.2. The van der Waals surface area contributed by atoms with Crippen molar-refractivity contribution in [3.63, 3.8) is 0 Å². The summed E-state index contributed by atoms with van der Waals surface area (Å²) >= 11 is 1.48. The van der Waals surface area contributed by atoms with E-state index in [9.17, 15) is 4.79 Å². The van der Waals surface area contributed by atoms with Crippen LogP contribution in [0.5, 0.6) is 5.75 Å². The smallest absolute Gasteiger partial charge is 0.244 e. The largest absolute Gasteiger partial charge is 0.495 e. The van der Waals surface area contributed by atoms with E-state index in [1.54, 1.807) is 23.8 Å². The zero-order valence-electron chi connectivity index (χ0n) is 14.3. The molecular weight excluding hydrogens is 350 g/mol. The maximum absolute atomic E-state index is 12.4. The van der Waals surface area contributed by atoms with E-state index >= 15 is 0 Å². The van der Waals surface area contributed by atoms with E-state index < -0.39 is 0 Å². The van der Waals surface area contributed by atoms with Crippen LogP contribution in [-0.4, -0.2) is 27.8 Å². The van der Waals surface area contributed by atoms with Gasteiger partial charge in [0.1, 0.15) is 12.3 Å². The predicted molar refractivity (Wildman–Crippen MR) is 102 cm³/mol. The number of methoxy groups -OCH3 is 1. The average molecular weight is 369 g/mol. The van der Waals surface area contributed by atoms with Crippen molar-refractivity contribution in [3.05, 3.63) is 60.2 Å². The number of nitrogens with zero attached hydrogens (tertiary/aromatic N) is 3. The number of anilines is 2. The Morgan fingerprint density at radius 3 is 2.65 bits per heavy atom. The Balaban J connectivity index is 1.67. The molecule has 0 fully saturated rings. The lowest BCUT2D eigenvalue weighted by Gasteiger charge is -2.11. The normalized spacial score (nSPS) is 10.5. The van der Waals surface area contributed by atoms with Crippen LogP contribution in [0.25, 0.3) is 0 Å². The number of carbonyl (C=O) groups is 1. The Kier molecular flexibility index (Phi) is 5.75. The van der Waals surface area contributed by atoms with Gasteiger partial charge in [-0.2, -0.15) is 0 Å². The van der Waals surface area contributed by atoms with Crippen LogP contribution in [0.1, 0.15) is 5.56 Å². The number of rotatable bonds is 7. The Hall–Kier alpha value is -3.00. The molecule has 0 spiro atoms. The molecule has 1 amide bonds. The number of nitrogens with one attached hydrogen (secondary N) is 1. The van der Waals surface area contributed by atoms with Crippen LogP contribution in [0.4, 0.5) is 11.6 Å². The predicted octanol–water partition coefficient (Wildman–Crippen LogP) is 2.80. The zero-order valence-corrected chi connectivity index (χ0v) is 15.1. The molecular formula is C18H19N5O2S. The quantitative estimate of drug-likeness (QED) is 0.622. The minimum absolute atomic E-state index is 0.0218. The van der Waals surface area contributed by atoms with Gasteiger partial charge in [-0.1, -0.05) is 54.2 Å². The van der Waals surface area contributed by atoms with Gasteiger partial charge in [0.15, 0.2) is 5.16 Å². The van der Waals surface area contributed by atoms with Gasteiger partial charge in [0.2, 0.25) is 11.9 Å². The van der Waals surface area contributed by atoms with Crippen LogP contribution >= 0.6 is 11.8 Å². The number of nitrogen functional groups attached to an aromatic ring is 1. The van der Waals surface area contributed by atoms with Gasteiger partial charge in [-0.3, -0.25) is 9.36 Å². The fourth-order valence-corrected chi connectivity index (χ4v) is 3.26. The highest BCUT2D eigenvalue weighted by Crippen LogP contribution is 2.25. The van der Waals surface area contributed by atoms with Crippen molar-refractivity contribution in [2.24, 2.45) is 0 Å². The molecule has 0 aliphatic rings. The lowest BCUT2D eigenvalue weighted by Crippen LogP contribution is -2.20. The van der Waals surface area contributed by atoms with Crippen LogP contribution < -0.4 is 15.8 Å². The summed E-state index contributed by atoms with van der Waals surface area (Å²) in [6, 6.07) is 17.2. The van der Waals surface area contributed by atoms with Crippen molar-refractivity contribution in [3.8, 4) is 5.75 Å². The van der Waals surface area contributed by atoms with Crippen molar-refractivity contribution < 1.29 is 9.53 Å². The molecule has 0 aliphatic carbocycles. The molecule has 0 aliphatic heterocycles. The first-order chi connectivity index (χ1) is 12.7. The van der Waals surface area contributed by atoms with Gasteiger partial charge in [-0.15, -0.1) is 10.2 Å². The Morgan fingerprint density at radius 2 is 1.88 bits per heavy atom. The van der Waals surface area contributed by atoms with Gasteiger partial charge in [0.05, 0.1) is 12.8 Å². The Bertz CT molecular complexity index is 882. The third-order valence-corrected chi connectivity index (χ3v) is 4.68. The van der Waals surface area contributed by atoms with Gasteiger partial charge in [-0.05, 0) is 17.7 Å². The summed E-state index contributed by atoms with van der Waals surface area (Å²) in [7, 11) is 1.56. The number of amides is 1. The van der Waals surface area contributed by atoms with Gasteiger partial charge in [0, 0.05) is 5.75 Å². The molecule has 134 valence electrons. The lowest BCUT2D eigenvalue weighted by molar-refractivity contribution is -0.116. The fraction of sp³-hybridized carbons (Fsp3) is 0.167. The van der Waals surface area contributed by atoms with E-state index in [1.807, 2.05) is 42.5 Å². The molecule has 3 rings (SSSR count). The molecule has 0 bridgehead atoms. The number of aromatic nitrogens is 3. The minimum Gasteiger partial charge on any atom is -0.495 e. The summed E-state index contributed by atoms with van der Waals surface area (Å²) in [6.45, 7) is 0.0218. The molecule has 0 radical (unpaired) electrons. The maximum atomic E-state index is 12.4. The highest BCUT2D eigenvalue weighted by atomic mass is 32.2. The van der Waals surface area contributed by atoms with E-state index in [2.05, 4.69) is 15.5 Å². The molecule has 7 nitrogen and oxygen atoms in total. The first-order valence-corrected chi connectivity index (χ1v) is 8.94. The van der Waals surface area contributed by atoms with Crippen LogP contribution in [0.3, 0.4) is 0 Å². The maximum Gasteiger partial charge on any atom is 0.244 e. The summed E-state index contributed by atoms with van der Waals surface area (Å²) in [5.74, 6) is 1.28. The Morgan fingerprint density at radius 1 is 1.15 bits per heavy atom. The van der Waals surface area contributed by atoms with E-state index in [0.717, 1.165) is 5.56 Å². The van der Waals surface area contributed by atoms with E-state index in [-0.39, 0.29) is 18.4 Å². The summed E-state index contributed by atoms with van der Waals surface area (Å²) < 4.78 is 6.84. The first-order valence-electron chi connectivity index (χ1n) is 7.95. The summed E-state index contributed by atoms with van der Waals surface area (Å²) in [4.78, 5) is 12.4. The number of para-hydroxylation sites is 2. The van der Waals surface area contributed by atoms with Crippen molar-refractivity contribution in [1.82, 2.24) is 14.8 Å². The average Bonchev–Trinajstić information content (AvgIpc) is 3.01. The summed E-state index contributed by atoms with van der Waals surface area (Å²) in [6.07, 6.45) is 0. The SMILES string of the molecule is COc1ccccc1NC(=O)Cn1c(N)nnc1SCc1ccccc1. The topological polar surface area (TPSA) is 95.1 Å². The third kappa shape index (κ3) is 4.34. The van der Waals surface area contributed by atoms with Crippen LogP contribution in [-0.2, 0) is 17.1 Å². The summed E-state index contributed by atoms with van der Waals surface area (Å²) in [5.41, 5.74) is 7.64. The second-order valence-corrected chi connectivity index (χ2v) is 6.39. The van der Waals surface area contributed by atoms with Gasteiger partial charge in [0.25, 0.3) is 0 Å². The number of hydrogen-bond donors (Lipinski definition) is 2. The van der Waals surface area contributed by atoms with Crippen molar-refractivity contribution >= 4 is 29.3 Å². The van der Waals surface area contributed by atoms with Crippen LogP contribution in [0, 0.1) is 0 Å². The molecule has 0 saturated carbocycles. The number of carbonyl (C=O) groups excluding carboxylic acids is 1. The molecule has 0 saturated heterocycles.